The van der Waals surface area contributed by atoms with E-state index < -0.39 is 5.91 Å². The molecule has 3 aromatic heterocycles. The van der Waals surface area contributed by atoms with Crippen LogP contribution < -0.4 is 16.8 Å². The molecule has 0 spiro atoms. The molecule has 0 aromatic carbocycles. The van der Waals surface area contributed by atoms with Gasteiger partial charge in [0, 0.05) is 43.3 Å². The van der Waals surface area contributed by atoms with E-state index in [1.807, 2.05) is 13.0 Å². The van der Waals surface area contributed by atoms with E-state index >= 15 is 0 Å². The average molecular weight is 407 g/mol. The number of pyridine rings is 1. The minimum absolute atomic E-state index is 0.0104. The molecule has 0 saturated carbocycles. The number of carbonyl (C=O) groups is 2. The summed E-state index contributed by atoms with van der Waals surface area (Å²) in [5.41, 5.74) is 14.0. The van der Waals surface area contributed by atoms with Crippen LogP contribution >= 0.6 is 0 Å². The Balaban J connectivity index is 1.70. The highest BCUT2D eigenvalue weighted by molar-refractivity contribution is 6.04. The maximum Gasteiger partial charge on any atom is 0.281 e. The Kier molecular flexibility index (Phi) is 6.11. The molecule has 11 nitrogen and oxygen atoms in total. The number of nitrogens with zero attached hydrogens (tertiary/aromatic N) is 6. The number of hydrogen-bond donors (Lipinski definition) is 3. The number of likely N-dealkylation sites (N-methyl/N-ethyl adjacent to an activating group) is 1. The van der Waals surface area contributed by atoms with Crippen molar-refractivity contribution in [2.45, 2.75) is 19.4 Å². The maximum absolute atomic E-state index is 12.4. The summed E-state index contributed by atoms with van der Waals surface area (Å²) in [6.07, 6.45) is 7.63. The van der Waals surface area contributed by atoms with Crippen LogP contribution in [0.4, 0.5) is 5.95 Å². The Hall–Kier alpha value is -4.15. The highest BCUT2D eigenvalue weighted by atomic mass is 16.2. The lowest BCUT2D eigenvalue weighted by atomic mass is 10.0. The first-order valence-corrected chi connectivity index (χ1v) is 9.02. The first-order chi connectivity index (χ1) is 14.4. The molecule has 0 saturated heterocycles. The number of nitrogens with one attached hydrogen (secondary N) is 1. The van der Waals surface area contributed by atoms with Crippen LogP contribution in [0.3, 0.4) is 0 Å². The average Bonchev–Trinajstić information content (AvgIpc) is 3.22. The standard InChI is InChI=1S/C19H21N9O2/c1-11(12-3-4-15(23-5-12)13-6-24-19(21)25-7-13)17(20)27-18(30)14-8-26-28(9-14)10-16(29)22-2/h3-9,11H,10H2,1-2H3,(H,22,29)(H2,20,27,30)(H2,21,24,25). The van der Waals surface area contributed by atoms with Crippen LogP contribution in [0, 0.1) is 0 Å². The molecule has 5 N–H and O–H groups in total. The zero-order chi connectivity index (χ0) is 21.7. The Morgan fingerprint density at radius 1 is 1.17 bits per heavy atom. The van der Waals surface area contributed by atoms with Crippen molar-refractivity contribution in [2.75, 3.05) is 12.8 Å². The van der Waals surface area contributed by atoms with Crippen molar-refractivity contribution in [1.29, 1.82) is 0 Å². The van der Waals surface area contributed by atoms with Crippen molar-refractivity contribution in [2.24, 2.45) is 10.7 Å². The first-order valence-electron chi connectivity index (χ1n) is 9.02. The number of hydrogen-bond acceptors (Lipinski definition) is 7. The number of rotatable bonds is 6. The second-order valence-corrected chi connectivity index (χ2v) is 6.47. The van der Waals surface area contributed by atoms with Crippen LogP contribution in [0.25, 0.3) is 11.3 Å². The molecule has 3 heterocycles. The number of amides is 2. The van der Waals surface area contributed by atoms with E-state index in [0.717, 1.165) is 11.1 Å². The summed E-state index contributed by atoms with van der Waals surface area (Å²) in [6.45, 7) is 1.83. The van der Waals surface area contributed by atoms with Gasteiger partial charge in [-0.15, -0.1) is 0 Å². The molecule has 2 amide bonds. The zero-order valence-electron chi connectivity index (χ0n) is 16.5. The molecule has 3 rings (SSSR count). The third-order valence-corrected chi connectivity index (χ3v) is 4.39. The first kappa shape index (κ1) is 20.6. The highest BCUT2D eigenvalue weighted by Gasteiger charge is 2.15. The van der Waals surface area contributed by atoms with Crippen LogP contribution in [0.5, 0.6) is 0 Å². The number of amidine groups is 1. The molecule has 154 valence electrons. The van der Waals surface area contributed by atoms with Gasteiger partial charge in [0.1, 0.15) is 12.4 Å². The number of aromatic nitrogens is 5. The Morgan fingerprint density at radius 2 is 1.90 bits per heavy atom. The van der Waals surface area contributed by atoms with Gasteiger partial charge in [-0.25, -0.2) is 9.97 Å². The fourth-order valence-electron chi connectivity index (χ4n) is 2.54. The third kappa shape index (κ3) is 4.82. The predicted molar refractivity (Wildman–Crippen MR) is 110 cm³/mol. The van der Waals surface area contributed by atoms with Gasteiger partial charge in [-0.05, 0) is 11.6 Å². The fraction of sp³-hybridized carbons (Fsp3) is 0.211. The fourth-order valence-corrected chi connectivity index (χ4v) is 2.54. The van der Waals surface area contributed by atoms with Crippen LogP contribution in [0.1, 0.15) is 28.8 Å². The van der Waals surface area contributed by atoms with Gasteiger partial charge in [0.25, 0.3) is 5.91 Å². The molecule has 1 unspecified atom stereocenters. The number of nitrogens with two attached hydrogens (primary N) is 2. The highest BCUT2D eigenvalue weighted by Crippen LogP contribution is 2.20. The second-order valence-electron chi connectivity index (χ2n) is 6.47. The molecule has 11 heteroatoms. The van der Waals surface area contributed by atoms with Crippen molar-refractivity contribution in [3.63, 3.8) is 0 Å². The lowest BCUT2D eigenvalue weighted by Crippen LogP contribution is -2.23. The Labute approximate surface area is 172 Å². The normalized spacial score (nSPS) is 12.4. The lowest BCUT2D eigenvalue weighted by molar-refractivity contribution is -0.121. The molecular formula is C19H21N9O2. The monoisotopic (exact) mass is 407 g/mol. The van der Waals surface area contributed by atoms with Crippen molar-refractivity contribution >= 4 is 23.6 Å². The smallest absolute Gasteiger partial charge is 0.281 e. The largest absolute Gasteiger partial charge is 0.387 e. The van der Waals surface area contributed by atoms with E-state index in [2.05, 4.69) is 30.4 Å². The summed E-state index contributed by atoms with van der Waals surface area (Å²) in [5, 5.41) is 6.46. The summed E-state index contributed by atoms with van der Waals surface area (Å²) in [5.74, 6) is -0.762. The quantitative estimate of drug-likeness (QED) is 0.389. The van der Waals surface area contributed by atoms with Gasteiger partial charge in [-0.1, -0.05) is 13.0 Å². The van der Waals surface area contributed by atoms with E-state index in [1.165, 1.54) is 24.1 Å². The summed E-state index contributed by atoms with van der Waals surface area (Å²) in [7, 11) is 1.52. The van der Waals surface area contributed by atoms with Gasteiger partial charge >= 0.3 is 0 Å². The number of nitrogen functional groups attached to an aromatic ring is 1. The van der Waals surface area contributed by atoms with E-state index in [4.69, 9.17) is 11.5 Å². The summed E-state index contributed by atoms with van der Waals surface area (Å²) in [4.78, 5) is 40.0. The van der Waals surface area contributed by atoms with Gasteiger partial charge in [-0.2, -0.15) is 10.1 Å². The SMILES string of the molecule is CNC(=O)Cn1cc(C(=O)N=C(N)C(C)c2ccc(-c3cnc(N)nc3)nc2)cn1. The predicted octanol–water partition coefficient (Wildman–Crippen LogP) is 0.364. The van der Waals surface area contributed by atoms with Gasteiger partial charge in [0.2, 0.25) is 11.9 Å². The van der Waals surface area contributed by atoms with Crippen molar-refractivity contribution in [3.05, 3.63) is 54.2 Å². The van der Waals surface area contributed by atoms with Crippen LogP contribution in [-0.4, -0.2) is 49.4 Å². The van der Waals surface area contributed by atoms with Gasteiger partial charge in [0.15, 0.2) is 0 Å². The molecule has 0 aliphatic heterocycles. The van der Waals surface area contributed by atoms with Crippen LogP contribution in [0.2, 0.25) is 0 Å². The molecule has 1 atom stereocenters. The van der Waals surface area contributed by atoms with Crippen molar-refractivity contribution in [1.82, 2.24) is 30.0 Å². The molecular weight excluding hydrogens is 386 g/mol. The number of carbonyl (C=O) groups excluding carboxylic acids is 2. The van der Waals surface area contributed by atoms with E-state index in [0.29, 0.717) is 5.69 Å². The molecule has 0 aliphatic carbocycles. The number of aliphatic imine (C=N–C) groups is 1. The molecule has 30 heavy (non-hydrogen) atoms. The molecule has 3 aromatic rings. The summed E-state index contributed by atoms with van der Waals surface area (Å²) < 4.78 is 1.35. The van der Waals surface area contributed by atoms with E-state index in [-0.39, 0.29) is 35.7 Å². The van der Waals surface area contributed by atoms with Crippen molar-refractivity contribution < 1.29 is 9.59 Å². The summed E-state index contributed by atoms with van der Waals surface area (Å²) in [6, 6.07) is 3.65. The van der Waals surface area contributed by atoms with Crippen molar-refractivity contribution in [3.8, 4) is 11.3 Å². The maximum atomic E-state index is 12.4. The Morgan fingerprint density at radius 3 is 2.53 bits per heavy atom. The van der Waals surface area contributed by atoms with Crippen LogP contribution in [0.15, 0.2) is 48.1 Å². The van der Waals surface area contributed by atoms with Crippen LogP contribution in [-0.2, 0) is 11.3 Å². The second kappa shape index (κ2) is 8.90. The van der Waals surface area contributed by atoms with Gasteiger partial charge in [0.05, 0.1) is 17.5 Å². The molecule has 0 bridgehead atoms. The zero-order valence-corrected chi connectivity index (χ0v) is 16.5. The number of anilines is 1. The molecule has 0 fully saturated rings. The Bertz CT molecular complexity index is 1070. The van der Waals surface area contributed by atoms with E-state index in [1.54, 1.807) is 24.7 Å². The van der Waals surface area contributed by atoms with Gasteiger partial charge in [-0.3, -0.25) is 19.3 Å². The topological polar surface area (TPSA) is 167 Å². The molecule has 0 radical (unpaired) electrons. The minimum Gasteiger partial charge on any atom is -0.387 e. The lowest BCUT2D eigenvalue weighted by Gasteiger charge is -2.11. The van der Waals surface area contributed by atoms with Gasteiger partial charge < -0.3 is 16.8 Å². The molecule has 0 aliphatic rings. The van der Waals surface area contributed by atoms with E-state index in [9.17, 15) is 9.59 Å². The third-order valence-electron chi connectivity index (χ3n) is 4.39. The summed E-state index contributed by atoms with van der Waals surface area (Å²) >= 11 is 0. The minimum atomic E-state index is -0.536.